The molecule has 2 aliphatic heterocycles. The quantitative estimate of drug-likeness (QED) is 0.594. The van der Waals surface area contributed by atoms with Crippen LogP contribution in [0.15, 0.2) is 15.0 Å². The Morgan fingerprint density at radius 3 is 2.67 bits per heavy atom. The van der Waals surface area contributed by atoms with Gasteiger partial charge < -0.3 is 10.6 Å². The third kappa shape index (κ3) is 1.51. The van der Waals surface area contributed by atoms with Gasteiger partial charge in [-0.25, -0.2) is 0 Å². The summed E-state index contributed by atoms with van der Waals surface area (Å²) in [6.07, 6.45) is 1.62. The lowest BCUT2D eigenvalue weighted by Gasteiger charge is -2.32. The van der Waals surface area contributed by atoms with Crippen molar-refractivity contribution in [3.8, 4) is 0 Å². The fourth-order valence-corrected chi connectivity index (χ4v) is 1.51. The standard InChI is InChI=1S/C9H13N5O/c1-9(2,3)14-4-11-5-6(14)12-8(10)13-7(5)15/h4-5H,1-3H3,(H2,10,13,15). The monoisotopic (exact) mass is 207 g/mol. The smallest absolute Gasteiger partial charge is 0.281 e. The predicted molar refractivity (Wildman–Crippen MR) is 57.9 cm³/mol. The third-order valence-electron chi connectivity index (χ3n) is 2.23. The Kier molecular flexibility index (Phi) is 1.89. The highest BCUT2D eigenvalue weighted by molar-refractivity contribution is 6.22. The number of rotatable bonds is 0. The van der Waals surface area contributed by atoms with E-state index < -0.39 is 6.04 Å². The first kappa shape index (κ1) is 9.82. The molecule has 0 spiro atoms. The highest BCUT2D eigenvalue weighted by Crippen LogP contribution is 2.21. The average Bonchev–Trinajstić information content (AvgIpc) is 2.45. The zero-order chi connectivity index (χ0) is 11.2. The predicted octanol–water partition coefficient (Wildman–Crippen LogP) is -0.249. The molecule has 0 saturated heterocycles. The van der Waals surface area contributed by atoms with Gasteiger partial charge >= 0.3 is 0 Å². The Morgan fingerprint density at radius 2 is 2.07 bits per heavy atom. The van der Waals surface area contributed by atoms with Crippen LogP contribution in [0, 0.1) is 0 Å². The first-order chi connectivity index (χ1) is 6.89. The van der Waals surface area contributed by atoms with Gasteiger partial charge in [-0.15, -0.1) is 0 Å². The molecule has 80 valence electrons. The second kappa shape index (κ2) is 2.88. The number of carbonyl (C=O) groups is 1. The third-order valence-corrected chi connectivity index (χ3v) is 2.23. The van der Waals surface area contributed by atoms with Gasteiger partial charge in [-0.05, 0) is 20.8 Å². The molecule has 0 radical (unpaired) electrons. The normalized spacial score (nSPS) is 25.1. The van der Waals surface area contributed by atoms with Gasteiger partial charge in [0.25, 0.3) is 5.91 Å². The number of fused-ring (bicyclic) bond motifs is 1. The van der Waals surface area contributed by atoms with E-state index in [0.29, 0.717) is 5.84 Å². The fourth-order valence-electron chi connectivity index (χ4n) is 1.51. The van der Waals surface area contributed by atoms with Gasteiger partial charge in [0.05, 0.1) is 6.34 Å². The molecule has 0 aromatic heterocycles. The lowest BCUT2D eigenvalue weighted by atomic mass is 10.1. The van der Waals surface area contributed by atoms with Crippen molar-refractivity contribution in [1.82, 2.24) is 4.90 Å². The maximum absolute atomic E-state index is 11.5. The molecule has 15 heavy (non-hydrogen) atoms. The highest BCUT2D eigenvalue weighted by atomic mass is 16.2. The van der Waals surface area contributed by atoms with E-state index in [0.717, 1.165) is 0 Å². The number of guanidine groups is 1. The Bertz CT molecular complexity index is 401. The summed E-state index contributed by atoms with van der Waals surface area (Å²) in [4.78, 5) is 25.0. The van der Waals surface area contributed by atoms with Gasteiger partial charge in [-0.1, -0.05) is 0 Å². The summed E-state index contributed by atoms with van der Waals surface area (Å²) in [5.74, 6) is 0.228. The highest BCUT2D eigenvalue weighted by Gasteiger charge is 2.39. The van der Waals surface area contributed by atoms with Crippen molar-refractivity contribution in [2.24, 2.45) is 20.7 Å². The van der Waals surface area contributed by atoms with Gasteiger partial charge in [0.2, 0.25) is 5.96 Å². The molecule has 0 aliphatic carbocycles. The van der Waals surface area contributed by atoms with Crippen molar-refractivity contribution >= 4 is 24.0 Å². The molecular weight excluding hydrogens is 194 g/mol. The van der Waals surface area contributed by atoms with Crippen LogP contribution in [-0.2, 0) is 4.79 Å². The van der Waals surface area contributed by atoms with E-state index in [1.54, 1.807) is 6.34 Å². The minimum absolute atomic E-state index is 0.00556. The van der Waals surface area contributed by atoms with E-state index in [-0.39, 0.29) is 17.4 Å². The van der Waals surface area contributed by atoms with Crippen LogP contribution in [-0.4, -0.2) is 40.5 Å². The van der Waals surface area contributed by atoms with Crippen LogP contribution in [0.3, 0.4) is 0 Å². The zero-order valence-corrected chi connectivity index (χ0v) is 8.93. The molecule has 0 fully saturated rings. The number of nitrogens with two attached hydrogens (primary N) is 1. The minimum atomic E-state index is -0.600. The van der Waals surface area contributed by atoms with E-state index >= 15 is 0 Å². The number of amides is 1. The largest absolute Gasteiger partial charge is 0.368 e. The molecule has 2 N–H and O–H groups in total. The van der Waals surface area contributed by atoms with E-state index in [4.69, 9.17) is 5.73 Å². The molecule has 2 aliphatic rings. The van der Waals surface area contributed by atoms with Crippen molar-refractivity contribution in [2.75, 3.05) is 0 Å². The van der Waals surface area contributed by atoms with Crippen LogP contribution >= 0.6 is 0 Å². The summed E-state index contributed by atoms with van der Waals surface area (Å²) in [6.45, 7) is 6.03. The molecule has 0 aromatic carbocycles. The van der Waals surface area contributed by atoms with Gasteiger partial charge in [-0.2, -0.15) is 9.98 Å². The summed E-state index contributed by atoms with van der Waals surface area (Å²) in [5.41, 5.74) is 5.27. The van der Waals surface area contributed by atoms with Gasteiger partial charge in [-0.3, -0.25) is 9.79 Å². The van der Waals surface area contributed by atoms with Crippen molar-refractivity contribution < 1.29 is 4.79 Å². The molecule has 0 aromatic rings. The number of amidine groups is 1. The molecule has 6 nitrogen and oxygen atoms in total. The molecule has 2 rings (SSSR count). The second-order valence-corrected chi connectivity index (χ2v) is 4.49. The SMILES string of the molecule is CC(C)(C)N1C=NC2C(=O)N=C(N)N=C21. The van der Waals surface area contributed by atoms with Gasteiger partial charge in [0, 0.05) is 5.54 Å². The number of hydrogen-bond donors (Lipinski definition) is 1. The summed E-state index contributed by atoms with van der Waals surface area (Å²) >= 11 is 0. The Balaban J connectivity index is 2.40. The molecule has 0 bridgehead atoms. The lowest BCUT2D eigenvalue weighted by molar-refractivity contribution is -0.117. The Labute approximate surface area is 87.6 Å². The van der Waals surface area contributed by atoms with Crippen molar-refractivity contribution in [3.63, 3.8) is 0 Å². The lowest BCUT2D eigenvalue weighted by Crippen LogP contribution is -2.48. The summed E-state index contributed by atoms with van der Waals surface area (Å²) in [6, 6.07) is -0.600. The van der Waals surface area contributed by atoms with Crippen molar-refractivity contribution in [1.29, 1.82) is 0 Å². The van der Waals surface area contributed by atoms with Gasteiger partial charge in [0.15, 0.2) is 6.04 Å². The number of aliphatic imine (C=N–C) groups is 3. The van der Waals surface area contributed by atoms with E-state index in [1.165, 1.54) is 0 Å². The van der Waals surface area contributed by atoms with Crippen molar-refractivity contribution in [3.05, 3.63) is 0 Å². The topological polar surface area (TPSA) is 83.4 Å². The number of hydrogen-bond acceptors (Lipinski definition) is 5. The van der Waals surface area contributed by atoms with E-state index in [1.807, 2.05) is 25.7 Å². The molecule has 1 unspecified atom stereocenters. The van der Waals surface area contributed by atoms with Gasteiger partial charge in [0.1, 0.15) is 5.84 Å². The Morgan fingerprint density at radius 1 is 1.40 bits per heavy atom. The number of carbonyl (C=O) groups excluding carboxylic acids is 1. The van der Waals surface area contributed by atoms with Crippen LogP contribution < -0.4 is 5.73 Å². The molecule has 0 saturated carbocycles. The molecule has 6 heteroatoms. The van der Waals surface area contributed by atoms with Crippen LogP contribution in [0.25, 0.3) is 0 Å². The molecule has 1 atom stereocenters. The number of nitrogens with zero attached hydrogens (tertiary/aromatic N) is 4. The summed E-state index contributed by atoms with van der Waals surface area (Å²) < 4.78 is 0. The Hall–Kier alpha value is -1.72. The van der Waals surface area contributed by atoms with E-state index in [2.05, 4.69) is 15.0 Å². The summed E-state index contributed by atoms with van der Waals surface area (Å²) in [5, 5.41) is 0. The maximum atomic E-state index is 11.5. The van der Waals surface area contributed by atoms with Crippen molar-refractivity contribution in [2.45, 2.75) is 32.4 Å². The first-order valence-corrected chi connectivity index (χ1v) is 4.69. The fraction of sp³-hybridized carbons (Fsp3) is 0.556. The second-order valence-electron chi connectivity index (χ2n) is 4.49. The van der Waals surface area contributed by atoms with Crippen LogP contribution in [0.2, 0.25) is 0 Å². The average molecular weight is 207 g/mol. The first-order valence-electron chi connectivity index (χ1n) is 4.69. The van der Waals surface area contributed by atoms with Crippen LogP contribution in [0.1, 0.15) is 20.8 Å². The molecular formula is C9H13N5O. The van der Waals surface area contributed by atoms with Crippen LogP contribution in [0.5, 0.6) is 0 Å². The maximum Gasteiger partial charge on any atom is 0.281 e. The minimum Gasteiger partial charge on any atom is -0.368 e. The zero-order valence-electron chi connectivity index (χ0n) is 8.93. The molecule has 1 amide bonds. The van der Waals surface area contributed by atoms with E-state index in [9.17, 15) is 4.79 Å². The summed E-state index contributed by atoms with van der Waals surface area (Å²) in [7, 11) is 0. The molecule has 2 heterocycles. The van der Waals surface area contributed by atoms with Crippen LogP contribution in [0.4, 0.5) is 0 Å².